The zero-order valence-electron chi connectivity index (χ0n) is 14.0. The molecule has 1 aromatic heterocycles. The smallest absolute Gasteiger partial charge is 0.246 e. The third kappa shape index (κ3) is 5.01. The Kier molecular flexibility index (Phi) is 5.97. The number of carbonyl (C=O) groups is 1. The number of nitrogens with one attached hydrogen (secondary N) is 1. The SMILES string of the molecule is COc1cccc(/C=N\NC(=O)Cc2csc(N3CCOCC3)n2)c1. The van der Waals surface area contributed by atoms with E-state index in [1.165, 1.54) is 0 Å². The first kappa shape index (κ1) is 17.4. The highest BCUT2D eigenvalue weighted by Crippen LogP contribution is 2.21. The Morgan fingerprint density at radius 1 is 1.48 bits per heavy atom. The molecule has 1 amide bonds. The van der Waals surface area contributed by atoms with Gasteiger partial charge < -0.3 is 14.4 Å². The van der Waals surface area contributed by atoms with E-state index in [0.29, 0.717) is 13.2 Å². The van der Waals surface area contributed by atoms with Gasteiger partial charge in [0.05, 0.1) is 38.7 Å². The second-order valence-corrected chi connectivity index (χ2v) is 6.30. The van der Waals surface area contributed by atoms with Crippen molar-refractivity contribution in [3.63, 3.8) is 0 Å². The number of hydrogen-bond acceptors (Lipinski definition) is 7. The molecule has 0 bridgehead atoms. The number of nitrogens with zero attached hydrogens (tertiary/aromatic N) is 3. The number of hydrazone groups is 1. The molecule has 1 fully saturated rings. The van der Waals surface area contributed by atoms with E-state index in [-0.39, 0.29) is 12.3 Å². The molecule has 0 radical (unpaired) electrons. The Morgan fingerprint density at radius 2 is 2.32 bits per heavy atom. The van der Waals surface area contributed by atoms with Crippen molar-refractivity contribution in [2.75, 3.05) is 38.3 Å². The van der Waals surface area contributed by atoms with Crippen molar-refractivity contribution in [2.24, 2.45) is 5.10 Å². The third-order valence-corrected chi connectivity index (χ3v) is 4.61. The largest absolute Gasteiger partial charge is 0.497 e. The van der Waals surface area contributed by atoms with Gasteiger partial charge in [-0.2, -0.15) is 5.10 Å². The average molecular weight is 360 g/mol. The summed E-state index contributed by atoms with van der Waals surface area (Å²) in [6.07, 6.45) is 1.79. The molecule has 3 rings (SSSR count). The highest BCUT2D eigenvalue weighted by molar-refractivity contribution is 7.13. The van der Waals surface area contributed by atoms with E-state index in [9.17, 15) is 4.79 Å². The number of aromatic nitrogens is 1. The number of morpholine rings is 1. The van der Waals surface area contributed by atoms with Gasteiger partial charge in [0.1, 0.15) is 5.75 Å². The Hall–Kier alpha value is -2.45. The summed E-state index contributed by atoms with van der Waals surface area (Å²) in [5, 5.41) is 6.83. The van der Waals surface area contributed by atoms with Crippen LogP contribution in [-0.2, 0) is 16.0 Å². The average Bonchev–Trinajstić information content (AvgIpc) is 3.11. The standard InChI is InChI=1S/C17H20N4O3S/c1-23-15-4-2-3-13(9-15)11-18-20-16(22)10-14-12-25-17(19-14)21-5-7-24-8-6-21/h2-4,9,11-12H,5-8,10H2,1H3,(H,20,22)/b18-11-. The molecule has 7 nitrogen and oxygen atoms in total. The predicted octanol–water partition coefficient (Wildman–Crippen LogP) is 1.68. The summed E-state index contributed by atoms with van der Waals surface area (Å²) in [4.78, 5) is 18.7. The van der Waals surface area contributed by atoms with Gasteiger partial charge in [-0.1, -0.05) is 12.1 Å². The fourth-order valence-corrected chi connectivity index (χ4v) is 3.26. The second kappa shape index (κ2) is 8.59. The van der Waals surface area contributed by atoms with Crippen molar-refractivity contribution in [1.29, 1.82) is 0 Å². The van der Waals surface area contributed by atoms with Crippen molar-refractivity contribution in [2.45, 2.75) is 6.42 Å². The zero-order chi connectivity index (χ0) is 17.5. The maximum absolute atomic E-state index is 12.0. The van der Waals surface area contributed by atoms with Crippen LogP contribution in [0.15, 0.2) is 34.7 Å². The van der Waals surface area contributed by atoms with Crippen LogP contribution in [0.2, 0.25) is 0 Å². The molecule has 132 valence electrons. The fourth-order valence-electron chi connectivity index (χ4n) is 2.38. The normalized spacial score (nSPS) is 14.7. The molecule has 1 aromatic carbocycles. The maximum atomic E-state index is 12.0. The van der Waals surface area contributed by atoms with Crippen LogP contribution in [0, 0.1) is 0 Å². The third-order valence-electron chi connectivity index (χ3n) is 3.66. The summed E-state index contributed by atoms with van der Waals surface area (Å²) in [5.74, 6) is 0.548. The van der Waals surface area contributed by atoms with Gasteiger partial charge in [0, 0.05) is 18.5 Å². The van der Waals surface area contributed by atoms with E-state index in [0.717, 1.165) is 35.2 Å². The molecule has 2 heterocycles. The first-order valence-corrected chi connectivity index (χ1v) is 8.85. The van der Waals surface area contributed by atoms with Gasteiger partial charge in [0.15, 0.2) is 5.13 Å². The van der Waals surface area contributed by atoms with Crippen LogP contribution in [0.4, 0.5) is 5.13 Å². The molecule has 2 aromatic rings. The van der Waals surface area contributed by atoms with E-state index in [1.807, 2.05) is 29.6 Å². The van der Waals surface area contributed by atoms with Gasteiger partial charge in [-0.15, -0.1) is 11.3 Å². The topological polar surface area (TPSA) is 76.0 Å². The molecular weight excluding hydrogens is 340 g/mol. The number of hydrogen-bond donors (Lipinski definition) is 1. The van der Waals surface area contributed by atoms with Crippen molar-refractivity contribution in [3.05, 3.63) is 40.9 Å². The van der Waals surface area contributed by atoms with Gasteiger partial charge in [-0.05, 0) is 17.7 Å². The minimum atomic E-state index is -0.196. The lowest BCUT2D eigenvalue weighted by Crippen LogP contribution is -2.36. The van der Waals surface area contributed by atoms with E-state index in [1.54, 1.807) is 24.7 Å². The molecule has 25 heavy (non-hydrogen) atoms. The number of ether oxygens (including phenoxy) is 2. The summed E-state index contributed by atoms with van der Waals surface area (Å²) in [6.45, 7) is 3.11. The quantitative estimate of drug-likeness (QED) is 0.627. The first-order valence-electron chi connectivity index (χ1n) is 7.97. The number of thiazole rings is 1. The number of rotatable bonds is 6. The van der Waals surface area contributed by atoms with E-state index >= 15 is 0 Å². The highest BCUT2D eigenvalue weighted by Gasteiger charge is 2.15. The van der Waals surface area contributed by atoms with Gasteiger partial charge in [-0.25, -0.2) is 10.4 Å². The van der Waals surface area contributed by atoms with Gasteiger partial charge in [0.2, 0.25) is 5.91 Å². The molecule has 0 unspecified atom stereocenters. The lowest BCUT2D eigenvalue weighted by Gasteiger charge is -2.26. The number of methoxy groups -OCH3 is 1. The molecule has 0 spiro atoms. The Morgan fingerprint density at radius 3 is 3.12 bits per heavy atom. The highest BCUT2D eigenvalue weighted by atomic mass is 32.1. The van der Waals surface area contributed by atoms with Crippen molar-refractivity contribution in [1.82, 2.24) is 10.4 Å². The van der Waals surface area contributed by atoms with E-state index < -0.39 is 0 Å². The first-order chi connectivity index (χ1) is 12.2. The minimum absolute atomic E-state index is 0.196. The molecular formula is C17H20N4O3S. The Balaban J connectivity index is 1.50. The molecule has 0 saturated carbocycles. The lowest BCUT2D eigenvalue weighted by molar-refractivity contribution is -0.120. The lowest BCUT2D eigenvalue weighted by atomic mass is 10.2. The Bertz CT molecular complexity index is 741. The zero-order valence-corrected chi connectivity index (χ0v) is 14.8. The number of anilines is 1. The summed E-state index contributed by atoms with van der Waals surface area (Å²) in [6, 6.07) is 7.44. The molecule has 8 heteroatoms. The van der Waals surface area contributed by atoms with E-state index in [4.69, 9.17) is 9.47 Å². The van der Waals surface area contributed by atoms with E-state index in [2.05, 4.69) is 20.4 Å². The minimum Gasteiger partial charge on any atom is -0.497 e. The summed E-state index contributed by atoms with van der Waals surface area (Å²) >= 11 is 1.55. The number of carbonyl (C=O) groups excluding carboxylic acids is 1. The van der Waals surface area contributed by atoms with Crippen molar-refractivity contribution in [3.8, 4) is 5.75 Å². The second-order valence-electron chi connectivity index (χ2n) is 5.47. The van der Waals surface area contributed by atoms with Crippen LogP contribution in [0.5, 0.6) is 5.75 Å². The fraction of sp³-hybridized carbons (Fsp3) is 0.353. The Labute approximate surface area is 150 Å². The predicted molar refractivity (Wildman–Crippen MR) is 97.6 cm³/mol. The van der Waals surface area contributed by atoms with Crippen molar-refractivity contribution < 1.29 is 14.3 Å². The van der Waals surface area contributed by atoms with Gasteiger partial charge >= 0.3 is 0 Å². The molecule has 0 atom stereocenters. The number of amides is 1. The monoisotopic (exact) mass is 360 g/mol. The molecule has 1 saturated heterocycles. The summed E-state index contributed by atoms with van der Waals surface area (Å²) in [5.41, 5.74) is 4.13. The van der Waals surface area contributed by atoms with Crippen LogP contribution >= 0.6 is 11.3 Å². The molecule has 0 aliphatic carbocycles. The van der Waals surface area contributed by atoms with Crippen molar-refractivity contribution >= 4 is 28.6 Å². The maximum Gasteiger partial charge on any atom is 0.246 e. The van der Waals surface area contributed by atoms with Crippen LogP contribution in [0.1, 0.15) is 11.3 Å². The van der Waals surface area contributed by atoms with Crippen LogP contribution in [-0.4, -0.2) is 50.5 Å². The molecule has 1 aliphatic rings. The van der Waals surface area contributed by atoms with Crippen LogP contribution in [0.3, 0.4) is 0 Å². The summed E-state index contributed by atoms with van der Waals surface area (Å²) < 4.78 is 10.5. The summed E-state index contributed by atoms with van der Waals surface area (Å²) in [7, 11) is 1.61. The number of benzene rings is 1. The van der Waals surface area contributed by atoms with Gasteiger partial charge in [0.25, 0.3) is 0 Å². The van der Waals surface area contributed by atoms with Crippen LogP contribution < -0.4 is 15.1 Å². The molecule has 1 aliphatic heterocycles. The van der Waals surface area contributed by atoms with Crippen LogP contribution in [0.25, 0.3) is 0 Å². The van der Waals surface area contributed by atoms with Gasteiger partial charge in [-0.3, -0.25) is 4.79 Å². The molecule has 1 N–H and O–H groups in total.